The topological polar surface area (TPSA) is 69.9 Å². The summed E-state index contributed by atoms with van der Waals surface area (Å²) in [6.07, 6.45) is 2.10. The molecule has 1 unspecified atom stereocenters. The van der Waals surface area contributed by atoms with Crippen molar-refractivity contribution in [3.05, 3.63) is 53.0 Å². The number of likely N-dealkylation sites (tertiary alicyclic amines) is 1. The van der Waals surface area contributed by atoms with Crippen molar-refractivity contribution in [2.24, 2.45) is 0 Å². The molecule has 5 nitrogen and oxygen atoms in total. The maximum Gasteiger partial charge on any atom is 0.240 e. The molecular formula is C19H20N4OS. The molecule has 1 amide bonds. The van der Waals surface area contributed by atoms with E-state index in [1.807, 2.05) is 35.2 Å². The Balaban J connectivity index is 1.99. The summed E-state index contributed by atoms with van der Waals surface area (Å²) in [6, 6.07) is 11.9. The van der Waals surface area contributed by atoms with Gasteiger partial charge in [-0.15, -0.1) is 0 Å². The summed E-state index contributed by atoms with van der Waals surface area (Å²) < 4.78 is 0. The molecule has 1 aliphatic rings. The Kier molecular flexibility index (Phi) is 5.34. The van der Waals surface area contributed by atoms with Gasteiger partial charge in [-0.05, 0) is 32.3 Å². The number of carbonyl (C=O) groups is 1. The number of benzene rings is 1. The van der Waals surface area contributed by atoms with Crippen LogP contribution in [-0.2, 0) is 4.79 Å². The minimum atomic E-state index is -0.403. The van der Waals surface area contributed by atoms with E-state index in [1.54, 1.807) is 13.8 Å². The summed E-state index contributed by atoms with van der Waals surface area (Å²) in [5.41, 5.74) is 2.03. The van der Waals surface area contributed by atoms with Crippen molar-refractivity contribution in [1.29, 1.82) is 5.26 Å². The molecule has 1 aromatic carbocycles. The lowest BCUT2D eigenvalue weighted by Gasteiger charge is -2.23. The Morgan fingerprint density at radius 1 is 1.20 bits per heavy atom. The van der Waals surface area contributed by atoms with Gasteiger partial charge < -0.3 is 4.90 Å². The van der Waals surface area contributed by atoms with E-state index >= 15 is 0 Å². The van der Waals surface area contributed by atoms with Gasteiger partial charge in [-0.3, -0.25) is 4.79 Å². The van der Waals surface area contributed by atoms with Gasteiger partial charge >= 0.3 is 0 Å². The highest BCUT2D eigenvalue weighted by Gasteiger charge is 2.30. The van der Waals surface area contributed by atoms with Crippen molar-refractivity contribution in [2.75, 3.05) is 13.1 Å². The van der Waals surface area contributed by atoms with Gasteiger partial charge in [0.2, 0.25) is 5.91 Å². The number of aromatic nitrogens is 2. The monoisotopic (exact) mass is 352 g/mol. The first-order chi connectivity index (χ1) is 12.1. The van der Waals surface area contributed by atoms with Crippen LogP contribution in [0.4, 0.5) is 0 Å². The summed E-state index contributed by atoms with van der Waals surface area (Å²) in [5.74, 6) is 0.700. The first-order valence-corrected chi connectivity index (χ1v) is 9.24. The minimum Gasteiger partial charge on any atom is -0.341 e. The van der Waals surface area contributed by atoms with Crippen LogP contribution in [0.25, 0.3) is 0 Å². The van der Waals surface area contributed by atoms with Gasteiger partial charge in [0.15, 0.2) is 0 Å². The van der Waals surface area contributed by atoms with E-state index in [9.17, 15) is 10.1 Å². The van der Waals surface area contributed by atoms with Crippen LogP contribution in [0.2, 0.25) is 0 Å². The molecular weight excluding hydrogens is 332 g/mol. The van der Waals surface area contributed by atoms with E-state index in [0.29, 0.717) is 22.1 Å². The molecule has 3 rings (SSSR count). The van der Waals surface area contributed by atoms with Crippen LogP contribution < -0.4 is 0 Å². The van der Waals surface area contributed by atoms with E-state index in [2.05, 4.69) is 16.0 Å². The van der Waals surface area contributed by atoms with Crippen LogP contribution in [0.1, 0.15) is 40.7 Å². The highest BCUT2D eigenvalue weighted by molar-refractivity contribution is 8.00. The summed E-state index contributed by atoms with van der Waals surface area (Å²) in [7, 11) is 0. The highest BCUT2D eigenvalue weighted by atomic mass is 32.2. The Labute approximate surface area is 152 Å². The Hall–Kier alpha value is -2.39. The average Bonchev–Trinajstić information content (AvgIpc) is 3.14. The van der Waals surface area contributed by atoms with E-state index in [1.165, 1.54) is 11.8 Å². The molecule has 2 aromatic rings. The molecule has 2 heterocycles. The quantitative estimate of drug-likeness (QED) is 0.623. The number of amides is 1. The largest absolute Gasteiger partial charge is 0.341 e. The van der Waals surface area contributed by atoms with Gasteiger partial charge in [0.05, 0.1) is 5.69 Å². The van der Waals surface area contributed by atoms with E-state index in [0.717, 1.165) is 31.5 Å². The minimum absolute atomic E-state index is 0.0894. The van der Waals surface area contributed by atoms with Crippen molar-refractivity contribution in [3.8, 4) is 6.07 Å². The molecule has 0 bridgehead atoms. The molecule has 25 heavy (non-hydrogen) atoms. The number of thioether (sulfide) groups is 1. The molecule has 1 aromatic heterocycles. The number of nitrogens with zero attached hydrogens (tertiary/aromatic N) is 4. The third-order valence-corrected chi connectivity index (χ3v) is 5.48. The number of hydrogen-bond acceptors (Lipinski definition) is 5. The van der Waals surface area contributed by atoms with E-state index in [-0.39, 0.29) is 5.91 Å². The third-order valence-electron chi connectivity index (χ3n) is 4.25. The van der Waals surface area contributed by atoms with Gasteiger partial charge in [-0.25, -0.2) is 9.97 Å². The summed E-state index contributed by atoms with van der Waals surface area (Å²) in [5, 5.41) is 9.66. The SMILES string of the molecule is Cc1nc(C)c(C#N)c(SC(C(=O)N2CCCC2)c2ccccc2)n1. The maximum atomic E-state index is 13.1. The highest BCUT2D eigenvalue weighted by Crippen LogP contribution is 2.38. The third kappa shape index (κ3) is 3.83. The molecule has 0 aliphatic carbocycles. The van der Waals surface area contributed by atoms with Crippen molar-refractivity contribution in [1.82, 2.24) is 14.9 Å². The van der Waals surface area contributed by atoms with Crippen LogP contribution in [0.5, 0.6) is 0 Å². The number of nitriles is 1. The lowest BCUT2D eigenvalue weighted by molar-refractivity contribution is -0.129. The van der Waals surface area contributed by atoms with Crippen molar-refractivity contribution in [3.63, 3.8) is 0 Å². The molecule has 0 spiro atoms. The fourth-order valence-corrected chi connectivity index (χ4v) is 4.26. The van der Waals surface area contributed by atoms with Gasteiger partial charge in [0, 0.05) is 13.1 Å². The predicted molar refractivity (Wildman–Crippen MR) is 97.1 cm³/mol. The molecule has 1 aliphatic heterocycles. The van der Waals surface area contributed by atoms with Crippen molar-refractivity contribution in [2.45, 2.75) is 37.0 Å². The molecule has 1 atom stereocenters. The van der Waals surface area contributed by atoms with Crippen LogP contribution >= 0.6 is 11.8 Å². The number of hydrogen-bond donors (Lipinski definition) is 0. The Bertz CT molecular complexity index is 810. The molecule has 0 saturated carbocycles. The zero-order valence-corrected chi connectivity index (χ0v) is 15.2. The number of carbonyl (C=O) groups excluding carboxylic acids is 1. The van der Waals surface area contributed by atoms with Crippen LogP contribution in [0, 0.1) is 25.2 Å². The molecule has 6 heteroatoms. The zero-order chi connectivity index (χ0) is 17.8. The Morgan fingerprint density at radius 3 is 2.52 bits per heavy atom. The average molecular weight is 352 g/mol. The Morgan fingerprint density at radius 2 is 1.88 bits per heavy atom. The first-order valence-electron chi connectivity index (χ1n) is 8.36. The zero-order valence-electron chi connectivity index (χ0n) is 14.4. The molecule has 1 saturated heterocycles. The second-order valence-electron chi connectivity index (χ2n) is 6.09. The van der Waals surface area contributed by atoms with Crippen LogP contribution in [0.3, 0.4) is 0 Å². The van der Waals surface area contributed by atoms with Crippen molar-refractivity contribution >= 4 is 17.7 Å². The van der Waals surface area contributed by atoms with Gasteiger partial charge in [0.1, 0.15) is 27.7 Å². The fourth-order valence-electron chi connectivity index (χ4n) is 3.00. The number of aryl methyl sites for hydroxylation is 2. The maximum absolute atomic E-state index is 13.1. The lowest BCUT2D eigenvalue weighted by atomic mass is 10.1. The van der Waals surface area contributed by atoms with Crippen LogP contribution in [0.15, 0.2) is 35.4 Å². The second kappa shape index (κ2) is 7.66. The lowest BCUT2D eigenvalue weighted by Crippen LogP contribution is -2.31. The number of rotatable bonds is 4. The summed E-state index contributed by atoms with van der Waals surface area (Å²) in [6.45, 7) is 5.21. The van der Waals surface area contributed by atoms with Gasteiger partial charge in [-0.1, -0.05) is 42.1 Å². The molecule has 128 valence electrons. The fraction of sp³-hybridized carbons (Fsp3) is 0.368. The first kappa shape index (κ1) is 17.4. The van der Waals surface area contributed by atoms with E-state index < -0.39 is 5.25 Å². The van der Waals surface area contributed by atoms with Crippen LogP contribution in [-0.4, -0.2) is 33.9 Å². The molecule has 0 N–H and O–H groups in total. The summed E-state index contributed by atoms with van der Waals surface area (Å²) in [4.78, 5) is 23.7. The normalized spacial score (nSPS) is 15.0. The second-order valence-corrected chi connectivity index (χ2v) is 7.18. The van der Waals surface area contributed by atoms with Gasteiger partial charge in [0.25, 0.3) is 0 Å². The van der Waals surface area contributed by atoms with Gasteiger partial charge in [-0.2, -0.15) is 5.26 Å². The smallest absolute Gasteiger partial charge is 0.240 e. The van der Waals surface area contributed by atoms with Crippen molar-refractivity contribution < 1.29 is 4.79 Å². The molecule has 1 fully saturated rings. The standard InChI is InChI=1S/C19H20N4OS/c1-13-16(12-20)18(22-14(2)21-13)25-17(15-8-4-3-5-9-15)19(24)23-10-6-7-11-23/h3-5,8-9,17H,6-7,10-11H2,1-2H3. The predicted octanol–water partition coefficient (Wildman–Crippen LogP) is 3.42. The van der Waals surface area contributed by atoms with E-state index in [4.69, 9.17) is 0 Å². The summed E-state index contributed by atoms with van der Waals surface area (Å²) >= 11 is 1.35. The molecule has 0 radical (unpaired) electrons.